The third-order valence-electron chi connectivity index (χ3n) is 3.85. The van der Waals surface area contributed by atoms with E-state index in [-0.39, 0.29) is 5.92 Å². The Labute approximate surface area is 128 Å². The number of thiazole rings is 1. The van der Waals surface area contributed by atoms with E-state index in [9.17, 15) is 5.11 Å². The van der Waals surface area contributed by atoms with Crippen LogP contribution in [-0.4, -0.2) is 10.1 Å². The smallest absolute Gasteiger partial charge is 0.180 e. The minimum absolute atomic E-state index is 0.222. The van der Waals surface area contributed by atoms with Gasteiger partial charge in [0.25, 0.3) is 0 Å². The van der Waals surface area contributed by atoms with Crippen LogP contribution in [0.25, 0.3) is 10.8 Å². The third-order valence-corrected chi connectivity index (χ3v) is 4.55. The van der Waals surface area contributed by atoms with E-state index in [2.05, 4.69) is 36.2 Å². The Morgan fingerprint density at radius 2 is 1.67 bits per heavy atom. The van der Waals surface area contributed by atoms with Crippen LogP contribution < -0.4 is 5.73 Å². The summed E-state index contributed by atoms with van der Waals surface area (Å²) >= 11 is 1.48. The van der Waals surface area contributed by atoms with Crippen LogP contribution in [0.4, 0.5) is 5.13 Å². The lowest BCUT2D eigenvalue weighted by atomic mass is 9.95. The van der Waals surface area contributed by atoms with Crippen molar-refractivity contribution in [3.63, 3.8) is 0 Å². The topological polar surface area (TPSA) is 59.1 Å². The molecule has 0 bridgehead atoms. The van der Waals surface area contributed by atoms with Gasteiger partial charge in [0.2, 0.25) is 0 Å². The molecule has 1 aromatic heterocycles. The van der Waals surface area contributed by atoms with Crippen molar-refractivity contribution in [3.05, 3.63) is 58.6 Å². The molecular weight excluding hydrogens is 280 g/mol. The van der Waals surface area contributed by atoms with Crippen molar-refractivity contribution in [3.8, 4) is 0 Å². The van der Waals surface area contributed by atoms with Crippen LogP contribution >= 0.6 is 11.3 Å². The molecule has 0 spiro atoms. The number of nitrogen functional groups attached to an aromatic ring is 1. The number of aliphatic hydroxyl groups excluding tert-OH is 1. The first kappa shape index (κ1) is 14.0. The number of aromatic nitrogens is 1. The van der Waals surface area contributed by atoms with Gasteiger partial charge in [-0.3, -0.25) is 0 Å². The Bertz CT molecular complexity index is 779. The second kappa shape index (κ2) is 5.47. The maximum Gasteiger partial charge on any atom is 0.180 e. The third kappa shape index (κ3) is 2.77. The highest BCUT2D eigenvalue weighted by Gasteiger charge is 2.12. The maximum atomic E-state index is 9.66. The van der Waals surface area contributed by atoms with Crippen molar-refractivity contribution in [2.75, 3.05) is 5.73 Å². The van der Waals surface area contributed by atoms with Gasteiger partial charge in [0.1, 0.15) is 0 Å². The number of fused-ring (bicyclic) bond motifs is 1. The molecule has 2 aromatic carbocycles. The Hall–Kier alpha value is -1.91. The molecule has 0 aliphatic carbocycles. The lowest BCUT2D eigenvalue weighted by Gasteiger charge is -2.12. The molecule has 3 N–H and O–H groups in total. The molecule has 0 saturated heterocycles. The van der Waals surface area contributed by atoms with Crippen molar-refractivity contribution in [1.29, 1.82) is 0 Å². The van der Waals surface area contributed by atoms with E-state index in [4.69, 9.17) is 5.73 Å². The SMILES string of the molecule is CC(O)c1ccc2cc([C@H](C)c3csc(N)n3)ccc2c1. The fourth-order valence-corrected chi connectivity index (χ4v) is 3.14. The van der Waals surface area contributed by atoms with Crippen molar-refractivity contribution >= 4 is 27.2 Å². The summed E-state index contributed by atoms with van der Waals surface area (Å²) in [6.45, 7) is 3.92. The largest absolute Gasteiger partial charge is 0.389 e. The second-order valence-corrected chi connectivity index (χ2v) is 6.26. The molecule has 3 aromatic rings. The minimum atomic E-state index is -0.439. The Kier molecular flexibility index (Phi) is 3.66. The molecule has 4 heteroatoms. The van der Waals surface area contributed by atoms with E-state index >= 15 is 0 Å². The average Bonchev–Trinajstić information content (AvgIpc) is 2.91. The highest BCUT2D eigenvalue weighted by atomic mass is 32.1. The van der Waals surface area contributed by atoms with Gasteiger partial charge in [-0.15, -0.1) is 11.3 Å². The molecule has 0 aliphatic rings. The van der Waals surface area contributed by atoms with Gasteiger partial charge >= 0.3 is 0 Å². The van der Waals surface area contributed by atoms with Gasteiger partial charge in [-0.1, -0.05) is 37.3 Å². The zero-order chi connectivity index (χ0) is 15.0. The summed E-state index contributed by atoms with van der Waals surface area (Å²) in [5, 5.41) is 14.6. The first-order valence-corrected chi connectivity index (χ1v) is 7.85. The highest BCUT2D eigenvalue weighted by molar-refractivity contribution is 7.13. The zero-order valence-corrected chi connectivity index (χ0v) is 12.9. The molecule has 3 rings (SSSR count). The highest BCUT2D eigenvalue weighted by Crippen LogP contribution is 2.29. The van der Waals surface area contributed by atoms with Crippen molar-refractivity contribution in [2.24, 2.45) is 0 Å². The van der Waals surface area contributed by atoms with Gasteiger partial charge in [-0.25, -0.2) is 4.98 Å². The Balaban J connectivity index is 1.99. The van der Waals surface area contributed by atoms with Gasteiger partial charge < -0.3 is 10.8 Å². The normalized spacial score (nSPS) is 14.2. The summed E-state index contributed by atoms with van der Waals surface area (Å²) in [5.41, 5.74) is 8.89. The first-order chi connectivity index (χ1) is 10.0. The summed E-state index contributed by atoms with van der Waals surface area (Å²) in [6.07, 6.45) is -0.439. The molecule has 2 atom stereocenters. The molecule has 0 saturated carbocycles. The first-order valence-electron chi connectivity index (χ1n) is 6.97. The molecule has 1 unspecified atom stereocenters. The fourth-order valence-electron chi connectivity index (χ4n) is 2.48. The number of nitrogens with two attached hydrogens (primary N) is 1. The standard InChI is InChI=1S/C17H18N2OS/c1-10(16-9-21-17(18)19-16)12-3-5-15-8-13(11(2)20)4-6-14(15)7-12/h3-11,20H,1-2H3,(H2,18,19)/t10-,11?/m0/s1. The number of hydrogen-bond donors (Lipinski definition) is 2. The zero-order valence-electron chi connectivity index (χ0n) is 12.1. The predicted octanol–water partition coefficient (Wildman–Crippen LogP) is 4.08. The molecule has 0 fully saturated rings. The minimum Gasteiger partial charge on any atom is -0.389 e. The monoisotopic (exact) mass is 298 g/mol. The van der Waals surface area contributed by atoms with Gasteiger partial charge in [0, 0.05) is 11.3 Å². The van der Waals surface area contributed by atoms with E-state index in [1.807, 2.05) is 17.5 Å². The van der Waals surface area contributed by atoms with Gasteiger partial charge in [-0.05, 0) is 34.9 Å². The summed E-state index contributed by atoms with van der Waals surface area (Å²) < 4.78 is 0. The Morgan fingerprint density at radius 1 is 1.05 bits per heavy atom. The summed E-state index contributed by atoms with van der Waals surface area (Å²) in [6, 6.07) is 12.5. The van der Waals surface area contributed by atoms with Crippen molar-refractivity contribution < 1.29 is 5.11 Å². The molecule has 21 heavy (non-hydrogen) atoms. The van der Waals surface area contributed by atoms with E-state index in [1.165, 1.54) is 22.3 Å². The molecule has 3 nitrogen and oxygen atoms in total. The summed E-state index contributed by atoms with van der Waals surface area (Å²) in [4.78, 5) is 4.37. The molecule has 0 radical (unpaired) electrons. The lowest BCUT2D eigenvalue weighted by molar-refractivity contribution is 0.199. The second-order valence-electron chi connectivity index (χ2n) is 5.37. The molecule has 1 heterocycles. The molecule has 0 amide bonds. The number of benzene rings is 2. The van der Waals surface area contributed by atoms with Crippen LogP contribution in [0.1, 0.15) is 42.7 Å². The molecule has 0 aliphatic heterocycles. The number of aliphatic hydroxyl groups is 1. The van der Waals surface area contributed by atoms with Crippen LogP contribution in [-0.2, 0) is 0 Å². The maximum absolute atomic E-state index is 9.66. The number of nitrogens with zero attached hydrogens (tertiary/aromatic N) is 1. The van der Waals surface area contributed by atoms with E-state index < -0.39 is 6.10 Å². The fraction of sp³-hybridized carbons (Fsp3) is 0.235. The lowest BCUT2D eigenvalue weighted by Crippen LogP contribution is -1.97. The van der Waals surface area contributed by atoms with Crippen LogP contribution in [0.5, 0.6) is 0 Å². The van der Waals surface area contributed by atoms with Gasteiger partial charge in [0.15, 0.2) is 5.13 Å². The number of rotatable bonds is 3. The van der Waals surface area contributed by atoms with Crippen molar-refractivity contribution in [1.82, 2.24) is 4.98 Å². The van der Waals surface area contributed by atoms with Crippen LogP contribution in [0.3, 0.4) is 0 Å². The van der Waals surface area contributed by atoms with Gasteiger partial charge in [-0.2, -0.15) is 0 Å². The average molecular weight is 298 g/mol. The van der Waals surface area contributed by atoms with Crippen LogP contribution in [0.15, 0.2) is 41.8 Å². The predicted molar refractivity (Wildman–Crippen MR) is 88.6 cm³/mol. The quantitative estimate of drug-likeness (QED) is 0.766. The Morgan fingerprint density at radius 3 is 2.24 bits per heavy atom. The van der Waals surface area contributed by atoms with Crippen LogP contribution in [0, 0.1) is 0 Å². The van der Waals surface area contributed by atoms with Crippen LogP contribution in [0.2, 0.25) is 0 Å². The van der Waals surface area contributed by atoms with E-state index in [0.29, 0.717) is 5.13 Å². The summed E-state index contributed by atoms with van der Waals surface area (Å²) in [7, 11) is 0. The molecular formula is C17H18N2OS. The van der Waals surface area contributed by atoms with Gasteiger partial charge in [0.05, 0.1) is 11.8 Å². The molecule has 108 valence electrons. The van der Waals surface area contributed by atoms with E-state index in [1.54, 1.807) is 6.92 Å². The van der Waals surface area contributed by atoms with E-state index in [0.717, 1.165) is 16.6 Å². The number of anilines is 1. The van der Waals surface area contributed by atoms with Crippen molar-refractivity contribution in [2.45, 2.75) is 25.9 Å². The summed E-state index contributed by atoms with van der Waals surface area (Å²) in [5.74, 6) is 0.222. The number of hydrogen-bond acceptors (Lipinski definition) is 4.